The van der Waals surface area contributed by atoms with Gasteiger partial charge in [-0.25, -0.2) is 0 Å². The molecule has 3 atom stereocenters. The molecule has 3 unspecified atom stereocenters. The highest BCUT2D eigenvalue weighted by atomic mass is 32.2. The Morgan fingerprint density at radius 1 is 1.40 bits per heavy atom. The van der Waals surface area contributed by atoms with Crippen molar-refractivity contribution in [3.8, 4) is 0 Å². The molecule has 15 heavy (non-hydrogen) atoms. The summed E-state index contributed by atoms with van der Waals surface area (Å²) in [5, 5.41) is 0. The minimum absolute atomic E-state index is 0.261. The van der Waals surface area contributed by atoms with Crippen molar-refractivity contribution >= 4 is 11.8 Å². The Balaban J connectivity index is 2.07. The van der Waals surface area contributed by atoms with Gasteiger partial charge in [-0.15, -0.1) is 0 Å². The van der Waals surface area contributed by atoms with Crippen molar-refractivity contribution in [2.24, 2.45) is 5.73 Å². The predicted molar refractivity (Wildman–Crippen MR) is 65.3 cm³/mol. The van der Waals surface area contributed by atoms with E-state index in [0.717, 1.165) is 19.6 Å². The molecule has 4 heteroatoms. The van der Waals surface area contributed by atoms with Gasteiger partial charge in [0.2, 0.25) is 0 Å². The number of nitrogens with two attached hydrogens (primary N) is 1. The van der Waals surface area contributed by atoms with Crippen LogP contribution in [-0.4, -0.2) is 53.8 Å². The normalized spacial score (nSPS) is 43.4. The minimum Gasteiger partial charge on any atom is -0.373 e. The Bertz CT molecular complexity index is 209. The second-order valence-corrected chi connectivity index (χ2v) is 6.00. The van der Waals surface area contributed by atoms with E-state index in [-0.39, 0.29) is 5.54 Å². The molecule has 88 valence electrons. The van der Waals surface area contributed by atoms with Crippen LogP contribution in [0.25, 0.3) is 0 Å². The van der Waals surface area contributed by atoms with E-state index in [4.69, 9.17) is 10.5 Å². The zero-order chi connectivity index (χ0) is 10.9. The van der Waals surface area contributed by atoms with Crippen LogP contribution in [0, 0.1) is 0 Å². The summed E-state index contributed by atoms with van der Waals surface area (Å²) in [7, 11) is 0. The third-order valence-corrected chi connectivity index (χ3v) is 4.79. The van der Waals surface area contributed by atoms with Gasteiger partial charge in [0.05, 0.1) is 12.2 Å². The van der Waals surface area contributed by atoms with Crippen molar-refractivity contribution in [3.05, 3.63) is 0 Å². The molecule has 2 fully saturated rings. The molecule has 3 nitrogen and oxygen atoms in total. The molecule has 2 saturated heterocycles. The summed E-state index contributed by atoms with van der Waals surface area (Å²) in [5.74, 6) is 2.46. The summed E-state index contributed by atoms with van der Waals surface area (Å²) in [6.07, 6.45) is 1.94. The van der Waals surface area contributed by atoms with Gasteiger partial charge in [-0.05, 0) is 26.0 Å². The first-order valence-corrected chi connectivity index (χ1v) is 7.00. The summed E-state index contributed by atoms with van der Waals surface area (Å²) in [4.78, 5) is 2.58. The van der Waals surface area contributed by atoms with Crippen LogP contribution in [0.1, 0.15) is 20.3 Å². The monoisotopic (exact) mass is 230 g/mol. The van der Waals surface area contributed by atoms with E-state index in [2.05, 4.69) is 18.7 Å². The second-order valence-electron chi connectivity index (χ2n) is 4.89. The first kappa shape index (κ1) is 11.7. The smallest absolute Gasteiger partial charge is 0.0678 e. The molecule has 0 spiro atoms. The number of nitrogens with zero attached hydrogens (tertiary/aromatic N) is 1. The maximum Gasteiger partial charge on any atom is 0.0678 e. The SMILES string of the molecule is CC1CN(C2(CN)CCSC2)CC(C)O1. The zero-order valence-corrected chi connectivity index (χ0v) is 10.6. The van der Waals surface area contributed by atoms with E-state index < -0.39 is 0 Å². The molecule has 0 bridgehead atoms. The van der Waals surface area contributed by atoms with Gasteiger partial charge < -0.3 is 10.5 Å². The van der Waals surface area contributed by atoms with Crippen molar-refractivity contribution in [1.82, 2.24) is 4.90 Å². The standard InChI is InChI=1S/C11H22N2OS/c1-9-5-13(6-10(2)14-9)11(7-12)3-4-15-8-11/h9-10H,3-8,12H2,1-2H3. The molecule has 0 aromatic carbocycles. The number of hydrogen-bond acceptors (Lipinski definition) is 4. The molecule has 0 aromatic heterocycles. The lowest BCUT2D eigenvalue weighted by Gasteiger charge is -2.46. The third kappa shape index (κ3) is 2.33. The molecular weight excluding hydrogens is 208 g/mol. The van der Waals surface area contributed by atoms with Crippen molar-refractivity contribution in [1.29, 1.82) is 0 Å². The summed E-state index contributed by atoms with van der Waals surface area (Å²) < 4.78 is 5.78. The zero-order valence-electron chi connectivity index (χ0n) is 9.74. The van der Waals surface area contributed by atoms with E-state index in [1.165, 1.54) is 17.9 Å². The first-order chi connectivity index (χ1) is 7.16. The summed E-state index contributed by atoms with van der Waals surface area (Å²) in [6.45, 7) is 7.20. The molecule has 0 radical (unpaired) electrons. The lowest BCUT2D eigenvalue weighted by molar-refractivity contribution is -0.0958. The van der Waals surface area contributed by atoms with Gasteiger partial charge in [-0.1, -0.05) is 0 Å². The quantitative estimate of drug-likeness (QED) is 0.766. The molecule has 2 N–H and O–H groups in total. The highest BCUT2D eigenvalue weighted by Crippen LogP contribution is 2.34. The van der Waals surface area contributed by atoms with E-state index in [1.807, 2.05) is 11.8 Å². The van der Waals surface area contributed by atoms with Crippen LogP contribution in [-0.2, 0) is 4.74 Å². The van der Waals surface area contributed by atoms with Crippen molar-refractivity contribution in [2.45, 2.75) is 38.0 Å². The number of thioether (sulfide) groups is 1. The van der Waals surface area contributed by atoms with E-state index in [1.54, 1.807) is 0 Å². The average Bonchev–Trinajstić information content (AvgIpc) is 2.65. The summed E-state index contributed by atoms with van der Waals surface area (Å²) in [6, 6.07) is 0. The first-order valence-electron chi connectivity index (χ1n) is 5.84. The fourth-order valence-corrected chi connectivity index (χ4v) is 4.19. The predicted octanol–water partition coefficient (Wildman–Crippen LogP) is 0.930. The number of morpholine rings is 1. The molecular formula is C11H22N2OS. The summed E-state index contributed by atoms with van der Waals surface area (Å²) >= 11 is 2.04. The van der Waals surface area contributed by atoms with Gasteiger partial charge in [-0.2, -0.15) is 11.8 Å². The number of ether oxygens (including phenoxy) is 1. The number of hydrogen-bond donors (Lipinski definition) is 1. The van der Waals surface area contributed by atoms with E-state index in [9.17, 15) is 0 Å². The highest BCUT2D eigenvalue weighted by molar-refractivity contribution is 7.99. The molecule has 0 saturated carbocycles. The van der Waals surface area contributed by atoms with Gasteiger partial charge in [0, 0.05) is 30.9 Å². The third-order valence-electron chi connectivity index (χ3n) is 3.55. The van der Waals surface area contributed by atoms with Crippen LogP contribution < -0.4 is 5.73 Å². The van der Waals surface area contributed by atoms with Crippen molar-refractivity contribution in [3.63, 3.8) is 0 Å². The van der Waals surface area contributed by atoms with Crippen LogP contribution in [0.15, 0.2) is 0 Å². The summed E-state index contributed by atoms with van der Waals surface area (Å²) in [5.41, 5.74) is 6.26. The Labute approximate surface area is 96.7 Å². The van der Waals surface area contributed by atoms with Gasteiger partial charge in [-0.3, -0.25) is 4.90 Å². The lowest BCUT2D eigenvalue weighted by atomic mass is 9.94. The van der Waals surface area contributed by atoms with Gasteiger partial charge in [0.1, 0.15) is 0 Å². The Morgan fingerprint density at radius 3 is 2.53 bits per heavy atom. The van der Waals surface area contributed by atoms with Crippen LogP contribution >= 0.6 is 11.8 Å². The molecule has 0 amide bonds. The Kier molecular flexibility index (Phi) is 3.60. The second kappa shape index (κ2) is 4.62. The van der Waals surface area contributed by atoms with Crippen LogP contribution in [0.3, 0.4) is 0 Å². The molecule has 2 aliphatic rings. The van der Waals surface area contributed by atoms with Crippen molar-refractivity contribution < 1.29 is 4.74 Å². The van der Waals surface area contributed by atoms with E-state index >= 15 is 0 Å². The van der Waals surface area contributed by atoms with E-state index in [0.29, 0.717) is 12.2 Å². The maximum atomic E-state index is 5.99. The van der Waals surface area contributed by atoms with Gasteiger partial charge in [0.25, 0.3) is 0 Å². The Hall–Kier alpha value is 0.230. The molecule has 2 heterocycles. The fourth-order valence-electron chi connectivity index (χ4n) is 2.70. The minimum atomic E-state index is 0.261. The van der Waals surface area contributed by atoms with Crippen LogP contribution in [0.4, 0.5) is 0 Å². The molecule has 2 rings (SSSR count). The molecule has 2 aliphatic heterocycles. The van der Waals surface area contributed by atoms with Crippen LogP contribution in [0.2, 0.25) is 0 Å². The Morgan fingerprint density at radius 2 is 2.07 bits per heavy atom. The molecule has 0 aliphatic carbocycles. The van der Waals surface area contributed by atoms with Crippen molar-refractivity contribution in [2.75, 3.05) is 31.1 Å². The van der Waals surface area contributed by atoms with Gasteiger partial charge >= 0.3 is 0 Å². The van der Waals surface area contributed by atoms with Gasteiger partial charge in [0.15, 0.2) is 0 Å². The van der Waals surface area contributed by atoms with Crippen LogP contribution in [0.5, 0.6) is 0 Å². The average molecular weight is 230 g/mol. The fraction of sp³-hybridized carbons (Fsp3) is 1.00. The number of rotatable bonds is 2. The lowest BCUT2D eigenvalue weighted by Crippen LogP contribution is -2.60. The molecule has 0 aromatic rings. The largest absolute Gasteiger partial charge is 0.373 e. The topological polar surface area (TPSA) is 38.5 Å². The maximum absolute atomic E-state index is 5.99. The highest BCUT2D eigenvalue weighted by Gasteiger charge is 2.41.